The monoisotopic (exact) mass is 256 g/mol. The maximum Gasteiger partial charge on any atom is 0.465 e. The van der Waals surface area contributed by atoms with Crippen LogP contribution in [0.4, 0.5) is 0 Å². The molecule has 2 fully saturated rings. The Morgan fingerprint density at radius 1 is 1.05 bits per heavy atom. The van der Waals surface area contributed by atoms with E-state index in [1.165, 1.54) is 17.5 Å². The average Bonchev–Trinajstić information content (AvgIpc) is 2.89. The van der Waals surface area contributed by atoms with E-state index < -0.39 is 0 Å². The van der Waals surface area contributed by atoms with E-state index >= 15 is 0 Å². The zero-order valence-corrected chi connectivity index (χ0v) is 12.2. The molecule has 2 atom stereocenters. The van der Waals surface area contributed by atoms with Gasteiger partial charge >= 0.3 is 7.12 Å². The standard InChI is InChI=1S/C16H21BO2/c1-14(2)15(3,4)19-17(18-14)16-9-11-7-5-6-8-12(11)13(16)10-16/h5-8,13H,9-10H2,1-4H3. The summed E-state index contributed by atoms with van der Waals surface area (Å²) in [6, 6.07) is 8.83. The van der Waals surface area contributed by atoms with Gasteiger partial charge in [-0.3, -0.25) is 0 Å². The van der Waals surface area contributed by atoms with Crippen LogP contribution in [0.1, 0.15) is 51.2 Å². The van der Waals surface area contributed by atoms with Crippen LogP contribution in [0.25, 0.3) is 0 Å². The molecule has 0 spiro atoms. The topological polar surface area (TPSA) is 18.5 Å². The lowest BCUT2D eigenvalue weighted by Crippen LogP contribution is -2.41. The summed E-state index contributed by atoms with van der Waals surface area (Å²) in [4.78, 5) is 0. The van der Waals surface area contributed by atoms with E-state index in [0.717, 1.165) is 6.42 Å². The van der Waals surface area contributed by atoms with E-state index in [2.05, 4.69) is 52.0 Å². The van der Waals surface area contributed by atoms with E-state index in [4.69, 9.17) is 9.31 Å². The fourth-order valence-electron chi connectivity index (χ4n) is 3.75. The molecule has 0 bridgehead atoms. The zero-order chi connectivity index (χ0) is 13.5. The summed E-state index contributed by atoms with van der Waals surface area (Å²) >= 11 is 0. The molecule has 2 unspecified atom stereocenters. The Labute approximate surface area is 115 Å². The smallest absolute Gasteiger partial charge is 0.403 e. The maximum absolute atomic E-state index is 6.30. The van der Waals surface area contributed by atoms with Gasteiger partial charge in [0.25, 0.3) is 0 Å². The average molecular weight is 256 g/mol. The second kappa shape index (κ2) is 3.26. The quantitative estimate of drug-likeness (QED) is 0.715. The van der Waals surface area contributed by atoms with Gasteiger partial charge in [0.1, 0.15) is 0 Å². The molecule has 2 nitrogen and oxygen atoms in total. The second-order valence-corrected chi connectivity index (χ2v) is 7.45. The molecule has 1 saturated heterocycles. The first-order valence-electron chi connectivity index (χ1n) is 7.29. The Kier molecular flexibility index (Phi) is 2.06. The molecule has 1 aromatic rings. The molecule has 4 rings (SSSR count). The van der Waals surface area contributed by atoms with Crippen molar-refractivity contribution in [3.8, 4) is 0 Å². The second-order valence-electron chi connectivity index (χ2n) is 7.45. The largest absolute Gasteiger partial charge is 0.465 e. The highest BCUT2D eigenvalue weighted by Crippen LogP contribution is 2.75. The predicted octanol–water partition coefficient (Wildman–Crippen LogP) is 3.56. The highest BCUT2D eigenvalue weighted by molar-refractivity contribution is 6.52. The fraction of sp³-hybridized carbons (Fsp3) is 0.625. The lowest BCUT2D eigenvalue weighted by molar-refractivity contribution is 0.00578. The van der Waals surface area contributed by atoms with Crippen LogP contribution in [0.15, 0.2) is 24.3 Å². The van der Waals surface area contributed by atoms with Crippen LogP contribution in [-0.4, -0.2) is 18.3 Å². The minimum Gasteiger partial charge on any atom is -0.403 e. The van der Waals surface area contributed by atoms with Gasteiger partial charge < -0.3 is 9.31 Å². The summed E-state index contributed by atoms with van der Waals surface area (Å²) in [5, 5.41) is 0.217. The first-order valence-corrected chi connectivity index (χ1v) is 7.29. The van der Waals surface area contributed by atoms with Gasteiger partial charge in [-0.2, -0.15) is 0 Å². The van der Waals surface area contributed by atoms with Gasteiger partial charge in [-0.1, -0.05) is 24.3 Å². The predicted molar refractivity (Wildman–Crippen MR) is 76.3 cm³/mol. The zero-order valence-electron chi connectivity index (χ0n) is 12.2. The van der Waals surface area contributed by atoms with Crippen molar-refractivity contribution >= 4 is 7.12 Å². The molecular formula is C16H21BO2. The Morgan fingerprint density at radius 3 is 2.32 bits per heavy atom. The molecule has 1 heterocycles. The molecule has 2 aliphatic carbocycles. The molecule has 1 aliphatic heterocycles. The molecule has 1 saturated carbocycles. The molecule has 1 aromatic carbocycles. The van der Waals surface area contributed by atoms with E-state index in [9.17, 15) is 0 Å². The lowest BCUT2D eigenvalue weighted by atomic mass is 9.66. The summed E-state index contributed by atoms with van der Waals surface area (Å²) < 4.78 is 12.6. The normalized spacial score (nSPS) is 37.1. The van der Waals surface area contributed by atoms with E-state index in [1.807, 2.05) is 0 Å². The minimum atomic E-state index is -0.214. The summed E-state index contributed by atoms with van der Waals surface area (Å²) in [6.45, 7) is 8.57. The summed E-state index contributed by atoms with van der Waals surface area (Å²) in [7, 11) is -0.0464. The van der Waals surface area contributed by atoms with Crippen LogP contribution in [-0.2, 0) is 15.7 Å². The van der Waals surface area contributed by atoms with Crippen LogP contribution in [0.3, 0.4) is 0 Å². The van der Waals surface area contributed by atoms with Gasteiger partial charge in [-0.05, 0) is 57.6 Å². The number of fused-ring (bicyclic) bond motifs is 3. The van der Waals surface area contributed by atoms with Crippen molar-refractivity contribution in [1.82, 2.24) is 0 Å². The number of hydrogen-bond donors (Lipinski definition) is 0. The first kappa shape index (κ1) is 12.0. The number of hydrogen-bond acceptors (Lipinski definition) is 2. The molecule has 19 heavy (non-hydrogen) atoms. The van der Waals surface area contributed by atoms with Crippen molar-refractivity contribution < 1.29 is 9.31 Å². The molecular weight excluding hydrogens is 235 g/mol. The Bertz CT molecular complexity index is 535. The first-order chi connectivity index (χ1) is 8.86. The fourth-order valence-corrected chi connectivity index (χ4v) is 3.75. The molecule has 100 valence electrons. The van der Waals surface area contributed by atoms with Crippen LogP contribution in [0.5, 0.6) is 0 Å². The maximum atomic E-state index is 6.30. The third-order valence-electron chi connectivity index (χ3n) is 5.79. The van der Waals surface area contributed by atoms with Crippen molar-refractivity contribution in [3.63, 3.8) is 0 Å². The van der Waals surface area contributed by atoms with Gasteiger partial charge in [0, 0.05) is 5.31 Å². The molecule has 3 heteroatoms. The third kappa shape index (κ3) is 1.41. The molecule has 3 aliphatic rings. The third-order valence-corrected chi connectivity index (χ3v) is 5.79. The Balaban J connectivity index is 1.65. The Morgan fingerprint density at radius 2 is 1.68 bits per heavy atom. The van der Waals surface area contributed by atoms with E-state index in [1.54, 1.807) is 0 Å². The van der Waals surface area contributed by atoms with Gasteiger partial charge in [0.15, 0.2) is 0 Å². The van der Waals surface area contributed by atoms with Crippen molar-refractivity contribution in [2.45, 2.75) is 63.0 Å². The van der Waals surface area contributed by atoms with Crippen LogP contribution in [0.2, 0.25) is 5.31 Å². The molecule has 0 aromatic heterocycles. The highest BCUT2D eigenvalue weighted by atomic mass is 16.7. The lowest BCUT2D eigenvalue weighted by Gasteiger charge is -2.32. The minimum absolute atomic E-state index is 0.0464. The van der Waals surface area contributed by atoms with Crippen molar-refractivity contribution in [2.24, 2.45) is 0 Å². The number of rotatable bonds is 1. The summed E-state index contributed by atoms with van der Waals surface area (Å²) in [5.41, 5.74) is 2.59. The van der Waals surface area contributed by atoms with E-state index in [0.29, 0.717) is 5.92 Å². The summed E-state index contributed by atoms with van der Waals surface area (Å²) in [5.74, 6) is 0.651. The molecule has 0 radical (unpaired) electrons. The van der Waals surface area contributed by atoms with Gasteiger partial charge in [-0.15, -0.1) is 0 Å². The SMILES string of the molecule is CC1(C)OB(C23Cc4ccccc4C2C3)OC1(C)C. The Hall–Kier alpha value is -0.795. The van der Waals surface area contributed by atoms with Gasteiger partial charge in [-0.25, -0.2) is 0 Å². The van der Waals surface area contributed by atoms with Crippen molar-refractivity contribution in [2.75, 3.05) is 0 Å². The van der Waals surface area contributed by atoms with Crippen LogP contribution >= 0.6 is 0 Å². The van der Waals surface area contributed by atoms with Crippen LogP contribution < -0.4 is 0 Å². The highest BCUT2D eigenvalue weighted by Gasteiger charge is 2.72. The van der Waals surface area contributed by atoms with Crippen LogP contribution in [0, 0.1) is 0 Å². The van der Waals surface area contributed by atoms with E-state index in [-0.39, 0.29) is 23.6 Å². The molecule has 0 amide bonds. The summed E-state index contributed by atoms with van der Waals surface area (Å²) in [6.07, 6.45) is 2.34. The molecule has 0 N–H and O–H groups in total. The van der Waals surface area contributed by atoms with Crippen molar-refractivity contribution in [1.29, 1.82) is 0 Å². The van der Waals surface area contributed by atoms with Gasteiger partial charge in [0.05, 0.1) is 11.2 Å². The number of benzene rings is 1. The van der Waals surface area contributed by atoms with Gasteiger partial charge in [0.2, 0.25) is 0 Å². The van der Waals surface area contributed by atoms with Crippen molar-refractivity contribution in [3.05, 3.63) is 35.4 Å².